The normalized spacial score (nSPS) is 10.3. The zero-order chi connectivity index (χ0) is 13.8. The first kappa shape index (κ1) is 14.2. The molecule has 0 aliphatic heterocycles. The van der Waals surface area contributed by atoms with Crippen LogP contribution in [0.2, 0.25) is 5.02 Å². The Kier molecular flexibility index (Phi) is 4.66. The third kappa shape index (κ3) is 3.85. The Morgan fingerprint density at radius 1 is 1.26 bits per heavy atom. The number of hydrogen-bond donors (Lipinski definition) is 1. The van der Waals surface area contributed by atoms with Crippen LogP contribution in [-0.2, 0) is 6.54 Å². The van der Waals surface area contributed by atoms with Crippen molar-refractivity contribution in [3.05, 3.63) is 57.3 Å². The molecule has 0 amide bonds. The fourth-order valence-electron chi connectivity index (χ4n) is 1.69. The maximum Gasteiger partial charge on any atom is 0.133 e. The van der Waals surface area contributed by atoms with Crippen molar-refractivity contribution in [1.29, 1.82) is 0 Å². The van der Waals surface area contributed by atoms with Gasteiger partial charge in [0.05, 0.1) is 11.6 Å². The Morgan fingerprint density at radius 2 is 2.05 bits per heavy atom. The summed E-state index contributed by atoms with van der Waals surface area (Å²) in [5, 5.41) is 3.59. The molecule has 0 unspecified atom stereocenters. The summed E-state index contributed by atoms with van der Waals surface area (Å²) in [4.78, 5) is 0. The number of hydrogen-bond acceptors (Lipinski definition) is 2. The van der Waals surface area contributed by atoms with Gasteiger partial charge in [-0.15, -0.1) is 0 Å². The molecule has 0 spiro atoms. The first-order valence-electron chi connectivity index (χ1n) is 5.61. The summed E-state index contributed by atoms with van der Waals surface area (Å²) in [6, 6.07) is 10.1. The van der Waals surface area contributed by atoms with E-state index < -0.39 is 0 Å². The highest BCUT2D eigenvalue weighted by molar-refractivity contribution is 9.10. The molecule has 2 aromatic carbocycles. The van der Waals surface area contributed by atoms with E-state index in [9.17, 15) is 4.39 Å². The molecule has 0 saturated carbocycles. The summed E-state index contributed by atoms with van der Waals surface area (Å²) in [7, 11) is 1.61. The number of methoxy groups -OCH3 is 1. The van der Waals surface area contributed by atoms with E-state index in [0.717, 1.165) is 21.5 Å². The van der Waals surface area contributed by atoms with Crippen LogP contribution in [0.1, 0.15) is 5.56 Å². The number of benzene rings is 2. The Balaban J connectivity index is 2.08. The molecule has 0 saturated heterocycles. The molecule has 0 aliphatic carbocycles. The number of halogens is 3. The fraction of sp³-hybridized carbons (Fsp3) is 0.143. The maximum absolute atomic E-state index is 13.2. The molecule has 5 heteroatoms. The van der Waals surface area contributed by atoms with Gasteiger partial charge in [-0.25, -0.2) is 4.39 Å². The zero-order valence-corrected chi connectivity index (χ0v) is 12.6. The Bertz CT molecular complexity index is 571. The van der Waals surface area contributed by atoms with Crippen LogP contribution in [0, 0.1) is 5.82 Å². The summed E-state index contributed by atoms with van der Waals surface area (Å²) in [6.07, 6.45) is 0. The van der Waals surface area contributed by atoms with Gasteiger partial charge < -0.3 is 10.1 Å². The second-order valence-corrected chi connectivity index (χ2v) is 5.27. The van der Waals surface area contributed by atoms with E-state index in [-0.39, 0.29) is 5.82 Å². The van der Waals surface area contributed by atoms with Crippen molar-refractivity contribution in [1.82, 2.24) is 0 Å². The first-order valence-corrected chi connectivity index (χ1v) is 6.78. The van der Waals surface area contributed by atoms with Crippen molar-refractivity contribution in [3.63, 3.8) is 0 Å². The number of rotatable bonds is 4. The van der Waals surface area contributed by atoms with Crippen LogP contribution in [0.25, 0.3) is 0 Å². The van der Waals surface area contributed by atoms with Gasteiger partial charge in [0.2, 0.25) is 0 Å². The van der Waals surface area contributed by atoms with Gasteiger partial charge in [0.15, 0.2) is 0 Å². The van der Waals surface area contributed by atoms with E-state index in [0.29, 0.717) is 11.6 Å². The molecule has 100 valence electrons. The van der Waals surface area contributed by atoms with Crippen LogP contribution < -0.4 is 10.1 Å². The maximum atomic E-state index is 13.2. The summed E-state index contributed by atoms with van der Waals surface area (Å²) < 4.78 is 19.2. The lowest BCUT2D eigenvalue weighted by Crippen LogP contribution is -2.00. The van der Waals surface area contributed by atoms with E-state index in [2.05, 4.69) is 21.2 Å². The second-order valence-electron chi connectivity index (χ2n) is 3.98. The standard InChI is InChI=1S/C14H12BrClFNO/c1-19-14-3-2-12(7-13(14)15)18-8-9-4-10(16)6-11(17)5-9/h2-7,18H,8H2,1H3. The minimum Gasteiger partial charge on any atom is -0.496 e. The lowest BCUT2D eigenvalue weighted by Gasteiger charge is -2.09. The topological polar surface area (TPSA) is 21.3 Å². The fourth-order valence-corrected chi connectivity index (χ4v) is 2.48. The summed E-state index contributed by atoms with van der Waals surface area (Å²) in [6.45, 7) is 0.496. The Hall–Kier alpha value is -1.26. The number of anilines is 1. The molecule has 0 aromatic heterocycles. The van der Waals surface area contributed by atoms with Crippen LogP contribution in [0.3, 0.4) is 0 Å². The van der Waals surface area contributed by atoms with Crippen molar-refractivity contribution in [2.24, 2.45) is 0 Å². The van der Waals surface area contributed by atoms with Gasteiger partial charge in [0, 0.05) is 17.3 Å². The van der Waals surface area contributed by atoms with Crippen LogP contribution >= 0.6 is 27.5 Å². The first-order chi connectivity index (χ1) is 9.08. The van der Waals surface area contributed by atoms with E-state index >= 15 is 0 Å². The SMILES string of the molecule is COc1ccc(NCc2cc(F)cc(Cl)c2)cc1Br. The minimum atomic E-state index is -0.333. The lowest BCUT2D eigenvalue weighted by molar-refractivity contribution is 0.412. The van der Waals surface area contributed by atoms with Gasteiger partial charge >= 0.3 is 0 Å². The van der Waals surface area contributed by atoms with Gasteiger partial charge in [-0.2, -0.15) is 0 Å². The average molecular weight is 345 g/mol. The molecule has 0 aliphatic rings. The quantitative estimate of drug-likeness (QED) is 0.855. The predicted molar refractivity (Wildman–Crippen MR) is 79.4 cm³/mol. The molecule has 0 bridgehead atoms. The van der Waals surface area contributed by atoms with Crippen LogP contribution in [0.5, 0.6) is 5.75 Å². The third-order valence-electron chi connectivity index (χ3n) is 2.57. The van der Waals surface area contributed by atoms with Gasteiger partial charge in [-0.3, -0.25) is 0 Å². The third-order valence-corrected chi connectivity index (χ3v) is 3.41. The van der Waals surface area contributed by atoms with Gasteiger partial charge in [-0.1, -0.05) is 11.6 Å². The molecular formula is C14H12BrClFNO. The Morgan fingerprint density at radius 3 is 2.68 bits per heavy atom. The molecule has 1 N–H and O–H groups in total. The van der Waals surface area contributed by atoms with Gasteiger partial charge in [-0.05, 0) is 57.9 Å². The van der Waals surface area contributed by atoms with E-state index in [1.165, 1.54) is 12.1 Å². The average Bonchev–Trinajstić information content (AvgIpc) is 2.35. The molecule has 0 fully saturated rings. The molecule has 19 heavy (non-hydrogen) atoms. The smallest absolute Gasteiger partial charge is 0.133 e. The van der Waals surface area contributed by atoms with Crippen LogP contribution in [0.15, 0.2) is 40.9 Å². The molecule has 0 radical (unpaired) electrons. The summed E-state index contributed by atoms with van der Waals surface area (Å²) in [5.41, 5.74) is 1.70. The molecule has 2 aromatic rings. The van der Waals surface area contributed by atoms with Crippen molar-refractivity contribution < 1.29 is 9.13 Å². The highest BCUT2D eigenvalue weighted by Gasteiger charge is 2.03. The second kappa shape index (κ2) is 6.26. The van der Waals surface area contributed by atoms with E-state index in [4.69, 9.17) is 16.3 Å². The molecule has 0 heterocycles. The summed E-state index contributed by atoms with van der Waals surface area (Å²) in [5.74, 6) is 0.430. The van der Waals surface area contributed by atoms with Gasteiger partial charge in [0.25, 0.3) is 0 Å². The summed E-state index contributed by atoms with van der Waals surface area (Å²) >= 11 is 9.22. The largest absolute Gasteiger partial charge is 0.496 e. The van der Waals surface area contributed by atoms with Crippen molar-refractivity contribution >= 4 is 33.2 Å². The molecule has 2 rings (SSSR count). The zero-order valence-electron chi connectivity index (χ0n) is 10.2. The van der Waals surface area contributed by atoms with Crippen molar-refractivity contribution in [2.45, 2.75) is 6.54 Å². The highest BCUT2D eigenvalue weighted by atomic mass is 79.9. The highest BCUT2D eigenvalue weighted by Crippen LogP contribution is 2.28. The van der Waals surface area contributed by atoms with E-state index in [1.807, 2.05) is 18.2 Å². The monoisotopic (exact) mass is 343 g/mol. The van der Waals surface area contributed by atoms with Crippen LogP contribution in [-0.4, -0.2) is 7.11 Å². The van der Waals surface area contributed by atoms with Crippen LogP contribution in [0.4, 0.5) is 10.1 Å². The van der Waals surface area contributed by atoms with Crippen molar-refractivity contribution in [3.8, 4) is 5.75 Å². The van der Waals surface area contributed by atoms with E-state index in [1.54, 1.807) is 13.2 Å². The predicted octanol–water partition coefficient (Wildman–Crippen LogP) is 4.86. The van der Waals surface area contributed by atoms with Crippen molar-refractivity contribution in [2.75, 3.05) is 12.4 Å². The minimum absolute atomic E-state index is 0.333. The molecule has 0 atom stereocenters. The Labute approximate surface area is 124 Å². The van der Waals surface area contributed by atoms with Gasteiger partial charge in [0.1, 0.15) is 11.6 Å². The number of nitrogens with one attached hydrogen (secondary N) is 1. The molecule has 2 nitrogen and oxygen atoms in total. The molecular weight excluding hydrogens is 333 g/mol. The lowest BCUT2D eigenvalue weighted by atomic mass is 10.2. The number of ether oxygens (including phenoxy) is 1.